The van der Waals surface area contributed by atoms with Crippen LogP contribution in [-0.4, -0.2) is 96.3 Å². The minimum Gasteiger partial charge on any atom is -0.497 e. The summed E-state index contributed by atoms with van der Waals surface area (Å²) in [7, 11) is 2.93. The van der Waals surface area contributed by atoms with Gasteiger partial charge in [-0.15, -0.1) is 23.5 Å². The Labute approximate surface area is 736 Å². The molecule has 11 aromatic rings. The van der Waals surface area contributed by atoms with Gasteiger partial charge in [-0.3, -0.25) is 4.79 Å². The SMILES string of the molecule is CCc1cc(OC(CCSc2cc(C)ccc2C)C(=O)OC(=O)C(CC(OC(=O)C(CC(OC(=O)C(CC(OC(=O)CCCSc2ccc(C)cc2Oc2ccc(F)cc2)Sc2ccccc2CC)Oc2ccc(OC)cc2)Sc2ccccc2CC)Oc2ccc(Cl)cc2)Sc2cccc3ccccc23)Oc2ccc(Cl)cc2OC)ccc1Cl. The van der Waals surface area contributed by atoms with Crippen molar-refractivity contribution >= 4 is 134 Å². The van der Waals surface area contributed by atoms with Gasteiger partial charge in [0.1, 0.15) is 40.3 Å². The van der Waals surface area contributed by atoms with Crippen molar-refractivity contribution in [2.24, 2.45) is 0 Å². The van der Waals surface area contributed by atoms with Crippen LogP contribution in [0.3, 0.4) is 0 Å². The number of methoxy groups -OCH3 is 2. The van der Waals surface area contributed by atoms with E-state index in [1.165, 1.54) is 91.6 Å². The molecule has 11 rings (SSSR count). The van der Waals surface area contributed by atoms with E-state index in [9.17, 15) is 14.0 Å². The largest absolute Gasteiger partial charge is 0.497 e. The Kier molecular flexibility index (Phi) is 34.8. The minimum atomic E-state index is -1.76. The number of carbonyl (C=O) groups excluding carboxylic acids is 5. The zero-order valence-electron chi connectivity index (χ0n) is 67.4. The first-order valence-electron chi connectivity index (χ1n) is 39.1. The fourth-order valence-corrected chi connectivity index (χ4v) is 18.7. The average Bonchev–Trinajstić information content (AvgIpc) is 0.812. The summed E-state index contributed by atoms with van der Waals surface area (Å²) in [6.45, 7) is 11.9. The Morgan fingerprint density at radius 1 is 0.400 bits per heavy atom. The van der Waals surface area contributed by atoms with Crippen LogP contribution in [0, 0.1) is 26.6 Å². The van der Waals surface area contributed by atoms with E-state index < -0.39 is 83.4 Å². The molecule has 0 bridgehead atoms. The third kappa shape index (κ3) is 27.2. The van der Waals surface area contributed by atoms with Crippen LogP contribution in [0.2, 0.25) is 15.1 Å². The Morgan fingerprint density at radius 3 is 1.56 bits per heavy atom. The number of hydrogen-bond donors (Lipinski definition) is 0. The molecule has 0 heterocycles. The summed E-state index contributed by atoms with van der Waals surface area (Å²) < 4.78 is 84.0. The van der Waals surface area contributed by atoms with Crippen molar-refractivity contribution in [2.75, 3.05) is 25.7 Å². The van der Waals surface area contributed by atoms with Gasteiger partial charge in [0.2, 0.25) is 6.10 Å². The summed E-state index contributed by atoms with van der Waals surface area (Å²) in [5.74, 6) is -1.63. The molecule has 0 N–H and O–H groups in total. The number of hydrogen-bond acceptors (Lipinski definition) is 21. The minimum absolute atomic E-state index is 0.000841. The lowest BCUT2D eigenvalue weighted by Crippen LogP contribution is -2.41. The van der Waals surface area contributed by atoms with E-state index in [4.69, 9.17) is 86.9 Å². The molecule has 0 saturated heterocycles. The van der Waals surface area contributed by atoms with Crippen LogP contribution in [-0.2, 0) is 62.2 Å². The number of halogens is 4. The number of aryl methyl sites for hydroxylation is 6. The molecule has 11 aromatic carbocycles. The second-order valence-electron chi connectivity index (χ2n) is 27.7. The summed E-state index contributed by atoms with van der Waals surface area (Å²) >= 11 is 26.2. The topological polar surface area (TPSA) is 187 Å². The third-order valence-corrected chi connectivity index (χ3v) is 25.6. The Bertz CT molecular complexity index is 5270. The van der Waals surface area contributed by atoms with Crippen LogP contribution in [0.4, 0.5) is 4.39 Å². The highest BCUT2D eigenvalue weighted by atomic mass is 35.5. The van der Waals surface area contributed by atoms with E-state index in [-0.39, 0.29) is 53.1 Å². The number of thioether (sulfide) groups is 5. The lowest BCUT2D eigenvalue weighted by atomic mass is 10.1. The fraction of sp³-hybridized carbons (Fsp3) is 0.274. The van der Waals surface area contributed by atoms with Crippen LogP contribution in [0.25, 0.3) is 10.8 Å². The van der Waals surface area contributed by atoms with Gasteiger partial charge in [-0.25, -0.2) is 23.6 Å². The van der Waals surface area contributed by atoms with Gasteiger partial charge in [0.25, 0.3) is 0 Å². The Hall–Kier alpha value is -9.62. The highest BCUT2D eigenvalue weighted by Gasteiger charge is 2.39. The molecule has 0 aromatic heterocycles. The first-order valence-corrected chi connectivity index (χ1v) is 44.9. The molecular weight excluding hydrogens is 1680 g/mol. The predicted molar refractivity (Wildman–Crippen MR) is 478 cm³/mol. The first kappa shape index (κ1) is 91.1. The molecule has 25 heteroatoms. The number of carbonyl (C=O) groups is 5. The molecule has 7 atom stereocenters. The molecule has 120 heavy (non-hydrogen) atoms. The second kappa shape index (κ2) is 45.9. The Morgan fingerprint density at radius 2 is 0.917 bits per heavy atom. The van der Waals surface area contributed by atoms with E-state index in [2.05, 4.69) is 6.07 Å². The molecule has 0 radical (unpaired) electrons. The van der Waals surface area contributed by atoms with Crippen LogP contribution in [0.5, 0.6) is 46.0 Å². The number of fused-ring (bicyclic) bond motifs is 1. The van der Waals surface area contributed by atoms with Gasteiger partial charge in [0, 0.05) is 78.6 Å². The van der Waals surface area contributed by atoms with Gasteiger partial charge in [-0.05, 0) is 230 Å². The normalized spacial score (nSPS) is 13.0. The van der Waals surface area contributed by atoms with Crippen LogP contribution in [0.15, 0.2) is 261 Å². The zero-order chi connectivity index (χ0) is 85.0. The van der Waals surface area contributed by atoms with E-state index in [1.807, 2.05) is 163 Å². The Balaban J connectivity index is 0.929. The van der Waals surface area contributed by atoms with Crippen molar-refractivity contribution in [3.8, 4) is 46.0 Å². The van der Waals surface area contributed by atoms with Gasteiger partial charge < -0.3 is 52.1 Å². The van der Waals surface area contributed by atoms with Gasteiger partial charge in [-0.2, -0.15) is 0 Å². The predicted octanol–water partition coefficient (Wildman–Crippen LogP) is 24.4. The fourth-order valence-electron chi connectivity index (χ4n) is 12.5. The first-order chi connectivity index (χ1) is 58.1. The van der Waals surface area contributed by atoms with E-state index in [0.29, 0.717) is 80.0 Å². The summed E-state index contributed by atoms with van der Waals surface area (Å²) in [5, 5.41) is 2.79. The third-order valence-electron chi connectivity index (χ3n) is 18.9. The maximum atomic E-state index is 16.1. The summed E-state index contributed by atoms with van der Waals surface area (Å²) in [6.07, 6.45) is -5.12. The van der Waals surface area contributed by atoms with Crippen LogP contribution >= 0.6 is 93.6 Å². The average molecular weight is 1780 g/mol. The number of benzene rings is 11. The summed E-state index contributed by atoms with van der Waals surface area (Å²) in [4.78, 5) is 80.9. The standard InChI is InChI=1S/C95H92Cl3FO16S5/c1-9-62-20-13-16-25-83(62)118-89(112-88(100)28-19-50-116-86-48-30-59(4)52-79(86)107-71-39-35-68(99)36-40-71)56-80(109-72-43-41-69(105-7)42-44-72)93(102)113-90(119-84-26-17-14-21-63(84)10-2)57-81(108-70-37-32-66(96)33-38-70)94(103)114-91(120-85-27-18-23-65-22-12-15-24-74(65)85)58-82(111-76-47-34-67(97)55-78(76)106-8)95(104)115-92(101)77(110-73-45-46-75(98)64(11-3)54-73)49-51-117-87-53-60(5)29-31-61(87)6/h12-18,20-27,29-48,52-55,77,80-82,89-91H,9-11,19,28,49-51,56-58H2,1-8H3. The summed E-state index contributed by atoms with van der Waals surface area (Å²) in [6, 6.07) is 68.9. The highest BCUT2D eigenvalue weighted by molar-refractivity contribution is 8.00. The molecule has 0 fully saturated rings. The lowest BCUT2D eigenvalue weighted by Gasteiger charge is -2.29. The zero-order valence-corrected chi connectivity index (χ0v) is 73.8. The second-order valence-corrected chi connectivity index (χ2v) is 34.8. The molecule has 7 unspecified atom stereocenters. The van der Waals surface area contributed by atoms with Crippen molar-refractivity contribution in [2.45, 2.75) is 165 Å². The molecule has 0 amide bonds. The highest BCUT2D eigenvalue weighted by Crippen LogP contribution is 2.42. The molecular formula is C95H92Cl3FO16S5. The van der Waals surface area contributed by atoms with Crippen LogP contribution in [0.1, 0.15) is 92.7 Å². The van der Waals surface area contributed by atoms with Gasteiger partial charge in [0.15, 0.2) is 46.1 Å². The lowest BCUT2D eigenvalue weighted by molar-refractivity contribution is -0.171. The molecule has 626 valence electrons. The molecule has 0 saturated carbocycles. The van der Waals surface area contributed by atoms with Crippen molar-refractivity contribution in [3.63, 3.8) is 0 Å². The van der Waals surface area contributed by atoms with Gasteiger partial charge in [-0.1, -0.05) is 187 Å². The molecule has 0 aliphatic heterocycles. The number of ether oxygens (including phenoxy) is 11. The van der Waals surface area contributed by atoms with Crippen molar-refractivity contribution in [1.82, 2.24) is 0 Å². The molecule has 0 spiro atoms. The number of rotatable bonds is 43. The van der Waals surface area contributed by atoms with E-state index >= 15 is 14.4 Å². The number of esters is 5. The monoisotopic (exact) mass is 1770 g/mol. The van der Waals surface area contributed by atoms with Crippen LogP contribution < -0.4 is 33.2 Å². The molecule has 0 aliphatic carbocycles. The maximum Gasteiger partial charge on any atom is 0.355 e. The van der Waals surface area contributed by atoms with E-state index in [0.717, 1.165) is 70.6 Å². The van der Waals surface area contributed by atoms with Gasteiger partial charge >= 0.3 is 29.8 Å². The molecule has 0 aliphatic rings. The maximum absolute atomic E-state index is 16.1. The van der Waals surface area contributed by atoms with Crippen molar-refractivity contribution < 1.29 is 80.5 Å². The quantitative estimate of drug-likeness (QED) is 0.00876. The van der Waals surface area contributed by atoms with Crippen molar-refractivity contribution in [1.29, 1.82) is 0 Å². The van der Waals surface area contributed by atoms with Crippen molar-refractivity contribution in [3.05, 3.63) is 291 Å². The van der Waals surface area contributed by atoms with E-state index in [1.54, 1.807) is 78.9 Å². The smallest absolute Gasteiger partial charge is 0.355 e. The van der Waals surface area contributed by atoms with Gasteiger partial charge in [0.05, 0.1) is 19.1 Å². The molecule has 16 nitrogen and oxygen atoms in total. The summed E-state index contributed by atoms with van der Waals surface area (Å²) in [5.41, 5.74) is 1.96.